The van der Waals surface area contributed by atoms with Crippen LogP contribution in [0.3, 0.4) is 0 Å². The SMILES string of the molecule is O=C1CN[C@@H]2N1c1ccccc1[C@@]21CC2c3ccccc3C1c1ccccc12. The van der Waals surface area contributed by atoms with Crippen LogP contribution < -0.4 is 10.2 Å². The van der Waals surface area contributed by atoms with E-state index in [4.69, 9.17) is 0 Å². The van der Waals surface area contributed by atoms with E-state index in [-0.39, 0.29) is 23.4 Å². The van der Waals surface area contributed by atoms with E-state index in [1.54, 1.807) is 0 Å². The van der Waals surface area contributed by atoms with Crippen LogP contribution in [-0.4, -0.2) is 18.6 Å². The number of anilines is 1. The lowest BCUT2D eigenvalue weighted by molar-refractivity contribution is -0.116. The molecule has 3 aromatic rings. The summed E-state index contributed by atoms with van der Waals surface area (Å²) >= 11 is 0. The number of amides is 1. The van der Waals surface area contributed by atoms with Crippen LogP contribution in [0.5, 0.6) is 0 Å². The molecule has 0 radical (unpaired) electrons. The molecular formula is C25H20N2O. The molecular weight excluding hydrogens is 344 g/mol. The normalized spacial score (nSPS) is 30.9. The maximum atomic E-state index is 12.8. The van der Waals surface area contributed by atoms with Crippen molar-refractivity contribution in [2.75, 3.05) is 11.4 Å². The highest BCUT2D eigenvalue weighted by atomic mass is 16.2. The second-order valence-electron chi connectivity index (χ2n) is 8.55. The van der Waals surface area contributed by atoms with Crippen molar-refractivity contribution in [1.82, 2.24) is 5.32 Å². The molecule has 3 heteroatoms. The Bertz CT molecular complexity index is 1120. The molecule has 3 nitrogen and oxygen atoms in total. The van der Waals surface area contributed by atoms with Gasteiger partial charge in [0, 0.05) is 22.9 Å². The summed E-state index contributed by atoms with van der Waals surface area (Å²) < 4.78 is 0. The van der Waals surface area contributed by atoms with Gasteiger partial charge in [0.25, 0.3) is 0 Å². The molecule has 0 saturated carbocycles. The maximum Gasteiger partial charge on any atom is 0.242 e. The molecule has 0 aromatic heterocycles. The Morgan fingerprint density at radius 1 is 0.821 bits per heavy atom. The average molecular weight is 364 g/mol. The number of benzene rings is 3. The zero-order chi connectivity index (χ0) is 18.5. The van der Waals surface area contributed by atoms with Crippen LogP contribution in [0.1, 0.15) is 46.1 Å². The Balaban J connectivity index is 1.59. The summed E-state index contributed by atoms with van der Waals surface area (Å²) in [6.45, 7) is 0.432. The molecule has 2 bridgehead atoms. The van der Waals surface area contributed by atoms with Crippen LogP contribution in [0.25, 0.3) is 0 Å². The van der Waals surface area contributed by atoms with Gasteiger partial charge in [0.1, 0.15) is 0 Å². The fourth-order valence-corrected chi connectivity index (χ4v) is 6.70. The van der Waals surface area contributed by atoms with Gasteiger partial charge in [0.2, 0.25) is 5.91 Å². The summed E-state index contributed by atoms with van der Waals surface area (Å²) in [4.78, 5) is 14.8. The van der Waals surface area contributed by atoms with Gasteiger partial charge >= 0.3 is 0 Å². The second kappa shape index (κ2) is 4.92. The van der Waals surface area contributed by atoms with Crippen LogP contribution in [-0.2, 0) is 10.2 Å². The molecule has 1 amide bonds. The average Bonchev–Trinajstić information content (AvgIpc) is 3.26. The van der Waals surface area contributed by atoms with Gasteiger partial charge in [-0.05, 0) is 40.3 Å². The van der Waals surface area contributed by atoms with Crippen molar-refractivity contribution in [3.8, 4) is 0 Å². The predicted molar refractivity (Wildman–Crippen MR) is 109 cm³/mol. The third kappa shape index (κ3) is 1.52. The Morgan fingerprint density at radius 2 is 1.43 bits per heavy atom. The van der Waals surface area contributed by atoms with Crippen LogP contribution in [0.4, 0.5) is 5.69 Å². The molecule has 3 aromatic carbocycles. The summed E-state index contributed by atoms with van der Waals surface area (Å²) in [6, 6.07) is 26.5. The number of hydrogen-bond acceptors (Lipinski definition) is 2. The van der Waals surface area contributed by atoms with E-state index in [1.165, 1.54) is 27.8 Å². The standard InChI is InChI=1S/C25H20N2O/c28-22-14-26-24-25(20-11-5-6-12-21(20)27(22)24)13-19-15-7-1-3-9-17(15)23(25)18-10-4-2-8-16(18)19/h1-12,19,23-24,26H,13-14H2/t19?,23?,24-,25-/m1/s1. The van der Waals surface area contributed by atoms with E-state index >= 15 is 0 Å². The number of fused-ring (bicyclic) bond motifs is 3. The molecule has 8 rings (SSSR count). The molecule has 136 valence electrons. The van der Waals surface area contributed by atoms with Gasteiger partial charge in [-0.25, -0.2) is 0 Å². The zero-order valence-corrected chi connectivity index (χ0v) is 15.4. The van der Waals surface area contributed by atoms with Crippen molar-refractivity contribution < 1.29 is 4.79 Å². The molecule has 1 N–H and O–H groups in total. The van der Waals surface area contributed by atoms with Gasteiger partial charge in [0.15, 0.2) is 0 Å². The minimum Gasteiger partial charge on any atom is -0.294 e. The van der Waals surface area contributed by atoms with Crippen LogP contribution in [0.2, 0.25) is 0 Å². The zero-order valence-electron chi connectivity index (χ0n) is 15.4. The number of para-hydroxylation sites is 1. The van der Waals surface area contributed by atoms with Gasteiger partial charge < -0.3 is 0 Å². The summed E-state index contributed by atoms with van der Waals surface area (Å²) in [5, 5.41) is 3.60. The van der Waals surface area contributed by atoms with Crippen LogP contribution >= 0.6 is 0 Å². The van der Waals surface area contributed by atoms with Crippen LogP contribution in [0.15, 0.2) is 72.8 Å². The molecule has 5 aliphatic rings. The third-order valence-electron chi connectivity index (χ3n) is 7.55. The van der Waals surface area contributed by atoms with E-state index in [9.17, 15) is 4.79 Å². The van der Waals surface area contributed by atoms with Gasteiger partial charge in [-0.1, -0.05) is 66.7 Å². The maximum absolute atomic E-state index is 12.8. The van der Waals surface area contributed by atoms with Crippen molar-refractivity contribution in [3.63, 3.8) is 0 Å². The molecule has 0 unspecified atom stereocenters. The largest absolute Gasteiger partial charge is 0.294 e. The fourth-order valence-electron chi connectivity index (χ4n) is 6.70. The highest BCUT2D eigenvalue weighted by Crippen LogP contribution is 2.66. The molecule has 3 aliphatic carbocycles. The molecule has 1 saturated heterocycles. The van der Waals surface area contributed by atoms with Gasteiger partial charge in [0.05, 0.1) is 12.7 Å². The number of carbonyl (C=O) groups is 1. The van der Waals surface area contributed by atoms with Crippen molar-refractivity contribution in [3.05, 3.63) is 101 Å². The number of carbonyl (C=O) groups excluding carboxylic acids is 1. The molecule has 2 atom stereocenters. The molecule has 2 heterocycles. The van der Waals surface area contributed by atoms with Crippen molar-refractivity contribution in [2.24, 2.45) is 0 Å². The summed E-state index contributed by atoms with van der Waals surface area (Å²) in [5.74, 6) is 0.833. The topological polar surface area (TPSA) is 32.3 Å². The smallest absolute Gasteiger partial charge is 0.242 e. The first-order chi connectivity index (χ1) is 13.8. The van der Waals surface area contributed by atoms with E-state index in [1.807, 2.05) is 4.90 Å². The van der Waals surface area contributed by atoms with E-state index < -0.39 is 0 Å². The van der Waals surface area contributed by atoms with Gasteiger partial charge in [-0.2, -0.15) is 0 Å². The first-order valence-electron chi connectivity index (χ1n) is 10.1. The summed E-state index contributed by atoms with van der Waals surface area (Å²) in [7, 11) is 0. The Morgan fingerprint density at radius 3 is 2.14 bits per heavy atom. The third-order valence-corrected chi connectivity index (χ3v) is 7.55. The molecule has 1 spiro atoms. The highest BCUT2D eigenvalue weighted by molar-refractivity contribution is 6.01. The Kier molecular flexibility index (Phi) is 2.65. The number of nitrogens with one attached hydrogen (secondary N) is 1. The number of nitrogens with zero attached hydrogens (tertiary/aromatic N) is 1. The highest BCUT2D eigenvalue weighted by Gasteiger charge is 2.64. The van der Waals surface area contributed by atoms with Crippen molar-refractivity contribution >= 4 is 11.6 Å². The summed E-state index contributed by atoms with van der Waals surface area (Å²) in [5.41, 5.74) is 8.14. The minimum atomic E-state index is -0.115. The lowest BCUT2D eigenvalue weighted by Crippen LogP contribution is -2.56. The minimum absolute atomic E-state index is 0.0339. The predicted octanol–water partition coefficient (Wildman–Crippen LogP) is 3.88. The van der Waals surface area contributed by atoms with Gasteiger partial charge in [-0.3, -0.25) is 15.0 Å². The lowest BCUT2D eigenvalue weighted by atomic mass is 9.50. The molecule has 28 heavy (non-hydrogen) atoms. The Labute approximate surface area is 164 Å². The summed E-state index contributed by atoms with van der Waals surface area (Å²) in [6.07, 6.45) is 1.08. The second-order valence-corrected chi connectivity index (χ2v) is 8.55. The quantitative estimate of drug-likeness (QED) is 0.657. The van der Waals surface area contributed by atoms with Gasteiger partial charge in [-0.15, -0.1) is 0 Å². The van der Waals surface area contributed by atoms with Crippen LogP contribution in [0, 0.1) is 0 Å². The molecule has 1 fully saturated rings. The number of rotatable bonds is 0. The van der Waals surface area contributed by atoms with E-state index in [0.29, 0.717) is 12.5 Å². The first kappa shape index (κ1) is 15.1. The molecule has 2 aliphatic heterocycles. The van der Waals surface area contributed by atoms with Crippen molar-refractivity contribution in [1.29, 1.82) is 0 Å². The van der Waals surface area contributed by atoms with E-state index in [2.05, 4.69) is 78.1 Å². The first-order valence-corrected chi connectivity index (χ1v) is 10.1. The van der Waals surface area contributed by atoms with Crippen molar-refractivity contribution in [2.45, 2.75) is 29.8 Å². The lowest BCUT2D eigenvalue weighted by Gasteiger charge is -2.54. The number of hydrogen-bond donors (Lipinski definition) is 1. The fraction of sp³-hybridized carbons (Fsp3) is 0.240. The van der Waals surface area contributed by atoms with E-state index in [0.717, 1.165) is 12.1 Å². The monoisotopic (exact) mass is 364 g/mol. The Hall–Kier alpha value is -2.91.